The molecule has 240 valence electrons. The number of aromatic nitrogens is 2. The van der Waals surface area contributed by atoms with E-state index < -0.39 is 0 Å². The summed E-state index contributed by atoms with van der Waals surface area (Å²) in [5.74, 6) is 0.698. The summed E-state index contributed by atoms with van der Waals surface area (Å²) in [6.45, 7) is 0. The van der Waals surface area contributed by atoms with Gasteiger partial charge in [-0.1, -0.05) is 140 Å². The first-order valence-electron chi connectivity index (χ1n) is 17.5. The maximum atomic E-state index is 6.74. The van der Waals surface area contributed by atoms with Crippen molar-refractivity contribution in [2.75, 3.05) is 0 Å². The van der Waals surface area contributed by atoms with E-state index in [4.69, 9.17) is 14.4 Å². The van der Waals surface area contributed by atoms with Gasteiger partial charge in [-0.3, -0.25) is 0 Å². The first-order valence-corrected chi connectivity index (χ1v) is 17.5. The molecule has 9 aromatic rings. The SMILES string of the molecule is C1=Cc2cc(-c3cccc(-c4cccc5oc6c7ccccc7c(-c7cc(-c8ccccc8)nc(-c8ccccc8)n7)cc6c45)c3)ccc2CC1. The lowest BCUT2D eigenvalue weighted by Crippen LogP contribution is -1.96. The molecule has 10 rings (SSSR count). The predicted molar refractivity (Wildman–Crippen MR) is 211 cm³/mol. The fourth-order valence-corrected chi connectivity index (χ4v) is 7.63. The number of nitrogens with zero attached hydrogens (tertiary/aromatic N) is 2. The smallest absolute Gasteiger partial charge is 0.160 e. The van der Waals surface area contributed by atoms with Crippen molar-refractivity contribution < 1.29 is 4.42 Å². The average molecular weight is 653 g/mol. The van der Waals surface area contributed by atoms with Gasteiger partial charge in [-0.05, 0) is 81.9 Å². The van der Waals surface area contributed by atoms with E-state index in [1.165, 1.54) is 22.3 Å². The number of hydrogen-bond donors (Lipinski definition) is 0. The Morgan fingerprint density at radius 2 is 1.18 bits per heavy atom. The van der Waals surface area contributed by atoms with Crippen molar-refractivity contribution in [2.45, 2.75) is 12.8 Å². The third-order valence-corrected chi connectivity index (χ3v) is 10.1. The standard InChI is InChI=1S/C48H32N2O/c1-3-14-32(15-4-1)43-30-44(50-48(49-43)33-16-5-2-6-17-33)41-29-42-46-38(23-12-24-45(46)51-47(42)40-22-10-9-21-39(40)41)37-20-11-19-35(28-37)36-26-25-31-13-7-8-18-34(31)27-36/h1-6,8-12,14-30H,7,13H2. The van der Waals surface area contributed by atoms with Gasteiger partial charge in [-0.15, -0.1) is 0 Å². The summed E-state index contributed by atoms with van der Waals surface area (Å²) in [7, 11) is 0. The second-order valence-electron chi connectivity index (χ2n) is 13.3. The van der Waals surface area contributed by atoms with Crippen LogP contribution in [0.3, 0.4) is 0 Å². The minimum Gasteiger partial charge on any atom is -0.455 e. The van der Waals surface area contributed by atoms with Gasteiger partial charge in [0.25, 0.3) is 0 Å². The number of fused-ring (bicyclic) bond motifs is 6. The molecule has 2 aromatic heterocycles. The van der Waals surface area contributed by atoms with Crippen LogP contribution >= 0.6 is 0 Å². The van der Waals surface area contributed by atoms with Crippen LogP contribution in [0.15, 0.2) is 168 Å². The molecular weight excluding hydrogens is 621 g/mol. The van der Waals surface area contributed by atoms with Crippen LogP contribution in [0.5, 0.6) is 0 Å². The van der Waals surface area contributed by atoms with E-state index in [2.05, 4.69) is 146 Å². The fraction of sp³-hybridized carbons (Fsp3) is 0.0417. The van der Waals surface area contributed by atoms with Crippen LogP contribution in [0.25, 0.3) is 94.9 Å². The van der Waals surface area contributed by atoms with E-state index in [0.29, 0.717) is 5.82 Å². The van der Waals surface area contributed by atoms with Crippen LogP contribution in [-0.4, -0.2) is 9.97 Å². The Morgan fingerprint density at radius 3 is 2.04 bits per heavy atom. The van der Waals surface area contributed by atoms with Crippen molar-refractivity contribution >= 4 is 38.8 Å². The number of hydrogen-bond acceptors (Lipinski definition) is 3. The van der Waals surface area contributed by atoms with Crippen LogP contribution in [0.4, 0.5) is 0 Å². The van der Waals surface area contributed by atoms with Crippen molar-refractivity contribution in [3.8, 4) is 56.2 Å². The minimum atomic E-state index is 0.698. The monoisotopic (exact) mass is 652 g/mol. The predicted octanol–water partition coefficient (Wildman–Crippen LogP) is 12.8. The molecule has 0 spiro atoms. The summed E-state index contributed by atoms with van der Waals surface area (Å²) in [6.07, 6.45) is 6.75. The van der Waals surface area contributed by atoms with Gasteiger partial charge in [0.2, 0.25) is 0 Å². The highest BCUT2D eigenvalue weighted by atomic mass is 16.3. The van der Waals surface area contributed by atoms with E-state index >= 15 is 0 Å². The Balaban J connectivity index is 1.20. The molecule has 2 heterocycles. The Bertz CT molecular complexity index is 2740. The lowest BCUT2D eigenvalue weighted by Gasteiger charge is -2.13. The summed E-state index contributed by atoms with van der Waals surface area (Å²) in [6, 6.07) is 55.6. The average Bonchev–Trinajstić information content (AvgIpc) is 3.60. The van der Waals surface area contributed by atoms with Crippen LogP contribution in [0.1, 0.15) is 17.5 Å². The van der Waals surface area contributed by atoms with Crippen molar-refractivity contribution in [3.05, 3.63) is 175 Å². The maximum absolute atomic E-state index is 6.74. The van der Waals surface area contributed by atoms with E-state index in [9.17, 15) is 0 Å². The molecule has 7 aromatic carbocycles. The molecule has 1 aliphatic carbocycles. The molecule has 0 N–H and O–H groups in total. The van der Waals surface area contributed by atoms with Gasteiger partial charge >= 0.3 is 0 Å². The number of aryl methyl sites for hydroxylation is 1. The number of allylic oxidation sites excluding steroid dienone is 1. The van der Waals surface area contributed by atoms with Crippen molar-refractivity contribution in [3.63, 3.8) is 0 Å². The zero-order valence-corrected chi connectivity index (χ0v) is 27.9. The van der Waals surface area contributed by atoms with Crippen LogP contribution in [0.2, 0.25) is 0 Å². The van der Waals surface area contributed by atoms with Gasteiger partial charge in [-0.2, -0.15) is 0 Å². The molecule has 0 radical (unpaired) electrons. The molecule has 0 amide bonds. The van der Waals surface area contributed by atoms with Gasteiger partial charge in [0, 0.05) is 32.8 Å². The zero-order chi connectivity index (χ0) is 33.7. The van der Waals surface area contributed by atoms with Gasteiger partial charge in [0.05, 0.1) is 11.4 Å². The van der Waals surface area contributed by atoms with Crippen molar-refractivity contribution in [1.82, 2.24) is 9.97 Å². The van der Waals surface area contributed by atoms with Crippen LogP contribution < -0.4 is 0 Å². The largest absolute Gasteiger partial charge is 0.455 e. The second kappa shape index (κ2) is 12.1. The first-order chi connectivity index (χ1) is 25.3. The van der Waals surface area contributed by atoms with E-state index in [0.717, 1.165) is 84.8 Å². The van der Waals surface area contributed by atoms with Crippen molar-refractivity contribution in [1.29, 1.82) is 0 Å². The molecule has 0 unspecified atom stereocenters. The quantitative estimate of drug-likeness (QED) is 0.186. The molecule has 0 fully saturated rings. The Labute approximate surface area is 296 Å². The highest BCUT2D eigenvalue weighted by Crippen LogP contribution is 2.44. The molecule has 0 saturated heterocycles. The summed E-state index contributed by atoms with van der Waals surface area (Å²) in [5, 5.41) is 4.32. The van der Waals surface area contributed by atoms with E-state index in [1.807, 2.05) is 24.3 Å². The topological polar surface area (TPSA) is 38.9 Å². The third-order valence-electron chi connectivity index (χ3n) is 10.1. The molecular formula is C48H32N2O. The number of furan rings is 1. The molecule has 0 bridgehead atoms. The lowest BCUT2D eigenvalue weighted by atomic mass is 9.91. The van der Waals surface area contributed by atoms with Gasteiger partial charge in [0.15, 0.2) is 5.82 Å². The van der Waals surface area contributed by atoms with Gasteiger partial charge in [-0.25, -0.2) is 9.97 Å². The Kier molecular flexibility index (Phi) is 6.95. The minimum absolute atomic E-state index is 0.698. The summed E-state index contributed by atoms with van der Waals surface area (Å²) in [5.41, 5.74) is 14.1. The Hall–Kier alpha value is -6.58. The molecule has 1 aliphatic rings. The summed E-state index contributed by atoms with van der Waals surface area (Å²) < 4.78 is 6.74. The summed E-state index contributed by atoms with van der Waals surface area (Å²) >= 11 is 0. The van der Waals surface area contributed by atoms with Crippen LogP contribution in [-0.2, 0) is 6.42 Å². The third kappa shape index (κ3) is 5.14. The van der Waals surface area contributed by atoms with Crippen molar-refractivity contribution in [2.24, 2.45) is 0 Å². The van der Waals surface area contributed by atoms with Gasteiger partial charge in [0.1, 0.15) is 11.2 Å². The molecule has 0 aliphatic heterocycles. The van der Waals surface area contributed by atoms with Gasteiger partial charge < -0.3 is 4.42 Å². The molecule has 0 saturated carbocycles. The van der Waals surface area contributed by atoms with E-state index in [-0.39, 0.29) is 0 Å². The zero-order valence-electron chi connectivity index (χ0n) is 27.9. The summed E-state index contributed by atoms with van der Waals surface area (Å²) in [4.78, 5) is 10.3. The molecule has 3 heteroatoms. The lowest BCUT2D eigenvalue weighted by molar-refractivity contribution is 0.673. The van der Waals surface area contributed by atoms with Crippen LogP contribution in [0, 0.1) is 0 Å². The Morgan fingerprint density at radius 1 is 0.471 bits per heavy atom. The first kappa shape index (κ1) is 29.3. The molecule has 3 nitrogen and oxygen atoms in total. The highest BCUT2D eigenvalue weighted by Gasteiger charge is 2.20. The normalized spacial score (nSPS) is 12.5. The number of rotatable bonds is 5. The molecule has 0 atom stereocenters. The maximum Gasteiger partial charge on any atom is 0.160 e. The molecule has 51 heavy (non-hydrogen) atoms. The second-order valence-corrected chi connectivity index (χ2v) is 13.3. The van der Waals surface area contributed by atoms with E-state index in [1.54, 1.807) is 0 Å². The number of benzene rings is 7. The highest BCUT2D eigenvalue weighted by molar-refractivity contribution is 6.22. The fourth-order valence-electron chi connectivity index (χ4n) is 7.63.